The molecule has 0 bridgehead atoms. The number of aromatic nitrogens is 1. The Morgan fingerprint density at radius 3 is 2.27 bits per heavy atom. The molecule has 10 heteroatoms. The smallest absolute Gasteiger partial charge is 0.392 e. The lowest BCUT2D eigenvalue weighted by Crippen LogP contribution is -2.45. The zero-order valence-electron chi connectivity index (χ0n) is 23.1. The van der Waals surface area contributed by atoms with E-state index in [0.29, 0.717) is 22.4 Å². The van der Waals surface area contributed by atoms with E-state index < -0.39 is 29.7 Å². The number of likely N-dealkylation sites (N-methyl/N-ethyl adjacent to an activating group) is 2. The number of hydrogen-bond donors (Lipinski definition) is 1. The summed E-state index contributed by atoms with van der Waals surface area (Å²) in [5.41, 5.74) is -0.0431. The number of carbonyl (C=O) groups is 1. The normalized spacial score (nSPS) is 14.9. The summed E-state index contributed by atoms with van der Waals surface area (Å²) in [5.74, 6) is 0.235. The number of pyridine rings is 1. The first-order valence-electron chi connectivity index (χ1n) is 13.0. The van der Waals surface area contributed by atoms with Gasteiger partial charge in [0.05, 0.1) is 29.5 Å². The van der Waals surface area contributed by atoms with Crippen molar-refractivity contribution >= 4 is 17.4 Å². The molecule has 2 heterocycles. The van der Waals surface area contributed by atoms with E-state index >= 15 is 0 Å². The van der Waals surface area contributed by atoms with E-state index in [9.17, 15) is 27.5 Å². The van der Waals surface area contributed by atoms with Crippen LogP contribution in [-0.4, -0.2) is 61.2 Å². The van der Waals surface area contributed by atoms with Crippen molar-refractivity contribution in [1.29, 1.82) is 0 Å². The molecule has 2 aromatic carbocycles. The van der Waals surface area contributed by atoms with E-state index in [0.717, 1.165) is 44.1 Å². The van der Waals surface area contributed by atoms with Crippen molar-refractivity contribution in [3.8, 4) is 11.1 Å². The molecule has 0 atom stereocenters. The molecule has 0 saturated carbocycles. The van der Waals surface area contributed by atoms with Gasteiger partial charge in [0, 0.05) is 38.8 Å². The lowest BCUT2D eigenvalue weighted by Gasteiger charge is -2.35. The Morgan fingerprint density at radius 2 is 1.65 bits per heavy atom. The third kappa shape index (κ3) is 5.97. The van der Waals surface area contributed by atoms with Crippen LogP contribution in [0.2, 0.25) is 0 Å². The van der Waals surface area contributed by atoms with Crippen molar-refractivity contribution in [3.63, 3.8) is 0 Å². The molecule has 0 unspecified atom stereocenters. The van der Waals surface area contributed by atoms with Crippen LogP contribution >= 0.6 is 0 Å². The molecule has 0 radical (unpaired) electrons. The van der Waals surface area contributed by atoms with Gasteiger partial charge < -0.3 is 19.8 Å². The summed E-state index contributed by atoms with van der Waals surface area (Å²) < 4.78 is 54.2. The summed E-state index contributed by atoms with van der Waals surface area (Å²) in [4.78, 5) is 24.4. The molecule has 1 aromatic heterocycles. The van der Waals surface area contributed by atoms with E-state index in [1.807, 2.05) is 24.3 Å². The molecule has 0 aliphatic carbocycles. The number of aliphatic hydroxyl groups excluding tert-OH is 1. The summed E-state index contributed by atoms with van der Waals surface area (Å²) in [6, 6.07) is 12.1. The van der Waals surface area contributed by atoms with Crippen molar-refractivity contribution in [2.24, 2.45) is 0 Å². The van der Waals surface area contributed by atoms with Crippen LogP contribution < -0.4 is 9.80 Å². The van der Waals surface area contributed by atoms with Gasteiger partial charge in [-0.1, -0.05) is 30.3 Å². The molecule has 1 N–H and O–H groups in total. The Kier molecular flexibility index (Phi) is 8.51. The minimum atomic E-state index is -4.69. The second kappa shape index (κ2) is 11.5. The standard InChI is InChI=1S/C30H34F4N4O2/c1-29(2,22-13-20(17-31)14-23(15-22)30(32,33)34)28(40)37(4)26-18-35-27(38-11-9-36(3)10-12-38)16-25(26)24-8-6-5-7-21(24)19-39/h5-8,13-16,18,39H,9-12,17,19H2,1-4H3. The number of aliphatic hydroxyl groups is 1. The minimum Gasteiger partial charge on any atom is -0.392 e. The molecule has 1 saturated heterocycles. The second-order valence-corrected chi connectivity index (χ2v) is 10.7. The van der Waals surface area contributed by atoms with Gasteiger partial charge in [-0.25, -0.2) is 9.37 Å². The van der Waals surface area contributed by atoms with Gasteiger partial charge >= 0.3 is 6.18 Å². The fraction of sp³-hybridized carbons (Fsp3) is 0.400. The first-order valence-corrected chi connectivity index (χ1v) is 13.0. The largest absolute Gasteiger partial charge is 0.416 e. The lowest BCUT2D eigenvalue weighted by molar-refractivity contribution is -0.137. The molecular weight excluding hydrogens is 524 g/mol. The van der Waals surface area contributed by atoms with Crippen LogP contribution in [0, 0.1) is 0 Å². The first-order chi connectivity index (χ1) is 18.9. The monoisotopic (exact) mass is 558 g/mol. The Bertz CT molecular complexity index is 1370. The van der Waals surface area contributed by atoms with Gasteiger partial charge in [-0.3, -0.25) is 4.79 Å². The van der Waals surface area contributed by atoms with Gasteiger partial charge in [0.25, 0.3) is 0 Å². The number of anilines is 2. The maximum atomic E-state index is 13.9. The highest BCUT2D eigenvalue weighted by atomic mass is 19.4. The number of nitrogens with zero attached hydrogens (tertiary/aromatic N) is 4. The number of alkyl halides is 4. The molecule has 0 spiro atoms. The topological polar surface area (TPSA) is 59.9 Å². The van der Waals surface area contributed by atoms with E-state index in [1.54, 1.807) is 19.3 Å². The van der Waals surface area contributed by atoms with Gasteiger partial charge in [0.15, 0.2) is 0 Å². The fourth-order valence-electron chi connectivity index (χ4n) is 5.00. The Labute approximate surface area is 231 Å². The van der Waals surface area contributed by atoms with Crippen LogP contribution in [0.4, 0.5) is 29.1 Å². The number of amides is 1. The lowest BCUT2D eigenvalue weighted by atomic mass is 9.81. The molecule has 3 aromatic rings. The highest BCUT2D eigenvalue weighted by Crippen LogP contribution is 2.39. The Balaban J connectivity index is 1.79. The van der Waals surface area contributed by atoms with Crippen LogP contribution in [0.3, 0.4) is 0 Å². The average Bonchev–Trinajstić information content (AvgIpc) is 2.95. The van der Waals surface area contributed by atoms with Crippen molar-refractivity contribution in [1.82, 2.24) is 9.88 Å². The SMILES string of the molecule is CN1CCN(c2cc(-c3ccccc3CO)c(N(C)C(=O)C(C)(C)c3cc(CF)cc(C(F)(F)F)c3)cn2)CC1. The van der Waals surface area contributed by atoms with Gasteiger partial charge in [-0.2, -0.15) is 13.2 Å². The van der Waals surface area contributed by atoms with E-state index in [2.05, 4.69) is 21.8 Å². The van der Waals surface area contributed by atoms with E-state index in [4.69, 9.17) is 0 Å². The predicted octanol–water partition coefficient (Wildman–Crippen LogP) is 5.42. The van der Waals surface area contributed by atoms with Gasteiger partial charge in [-0.05, 0) is 61.3 Å². The fourth-order valence-corrected chi connectivity index (χ4v) is 5.00. The minimum absolute atomic E-state index is 0.0612. The Morgan fingerprint density at radius 1 is 1.00 bits per heavy atom. The molecule has 1 amide bonds. The highest BCUT2D eigenvalue weighted by Gasteiger charge is 2.38. The molecule has 4 rings (SSSR count). The van der Waals surface area contributed by atoms with Crippen LogP contribution in [-0.2, 0) is 29.7 Å². The molecule has 6 nitrogen and oxygen atoms in total. The van der Waals surface area contributed by atoms with Crippen molar-refractivity contribution < 1.29 is 27.5 Å². The van der Waals surface area contributed by atoms with Crippen LogP contribution in [0.15, 0.2) is 54.7 Å². The number of piperazine rings is 1. The van der Waals surface area contributed by atoms with Crippen molar-refractivity contribution in [3.05, 3.63) is 77.0 Å². The number of rotatable bonds is 7. The zero-order valence-corrected chi connectivity index (χ0v) is 23.1. The van der Waals surface area contributed by atoms with Crippen LogP contribution in [0.25, 0.3) is 11.1 Å². The van der Waals surface area contributed by atoms with Crippen molar-refractivity contribution in [2.75, 3.05) is 50.1 Å². The number of hydrogen-bond acceptors (Lipinski definition) is 5. The third-order valence-electron chi connectivity index (χ3n) is 7.57. The third-order valence-corrected chi connectivity index (χ3v) is 7.57. The van der Waals surface area contributed by atoms with Crippen LogP contribution in [0.5, 0.6) is 0 Å². The average molecular weight is 559 g/mol. The number of halogens is 4. The second-order valence-electron chi connectivity index (χ2n) is 10.7. The van der Waals surface area contributed by atoms with Crippen molar-refractivity contribution in [2.45, 2.75) is 38.7 Å². The molecule has 1 aliphatic heterocycles. The summed E-state index contributed by atoms with van der Waals surface area (Å²) in [6.45, 7) is 5.04. The maximum absolute atomic E-state index is 13.9. The Hall–Kier alpha value is -3.50. The molecular formula is C30H34F4N4O2. The van der Waals surface area contributed by atoms with Gasteiger partial charge in [-0.15, -0.1) is 0 Å². The summed E-state index contributed by atoms with van der Waals surface area (Å²) in [6.07, 6.45) is -3.10. The van der Waals surface area contributed by atoms with E-state index in [-0.39, 0.29) is 17.7 Å². The maximum Gasteiger partial charge on any atom is 0.416 e. The molecule has 1 aliphatic rings. The van der Waals surface area contributed by atoms with Crippen LogP contribution in [0.1, 0.15) is 36.1 Å². The van der Waals surface area contributed by atoms with Gasteiger partial charge in [0.2, 0.25) is 5.91 Å². The quantitative estimate of drug-likeness (QED) is 0.393. The van der Waals surface area contributed by atoms with E-state index in [1.165, 1.54) is 24.8 Å². The number of carbonyl (C=O) groups excluding carboxylic acids is 1. The summed E-state index contributed by atoms with van der Waals surface area (Å²) in [5, 5.41) is 10.0. The summed E-state index contributed by atoms with van der Waals surface area (Å²) >= 11 is 0. The summed E-state index contributed by atoms with van der Waals surface area (Å²) in [7, 11) is 3.60. The predicted molar refractivity (Wildman–Crippen MR) is 148 cm³/mol. The molecule has 1 fully saturated rings. The van der Waals surface area contributed by atoms with Gasteiger partial charge in [0.1, 0.15) is 12.5 Å². The zero-order chi connectivity index (χ0) is 29.2. The molecule has 214 valence electrons. The first kappa shape index (κ1) is 29.5. The molecule has 40 heavy (non-hydrogen) atoms. The highest BCUT2D eigenvalue weighted by molar-refractivity contribution is 6.03. The number of benzene rings is 2.